The van der Waals surface area contributed by atoms with Gasteiger partial charge in [-0.3, -0.25) is 0 Å². The molecule has 132 valence electrons. The zero-order valence-electron chi connectivity index (χ0n) is 15.3. The molecule has 0 radical (unpaired) electrons. The highest BCUT2D eigenvalue weighted by Crippen LogP contribution is 2.50. The summed E-state index contributed by atoms with van der Waals surface area (Å²) >= 11 is 0. The third-order valence-corrected chi connectivity index (χ3v) is 5.07. The molecule has 0 aliphatic carbocycles. The van der Waals surface area contributed by atoms with Crippen LogP contribution in [0.1, 0.15) is 34.3 Å². The molecule has 0 fully saturated rings. The summed E-state index contributed by atoms with van der Waals surface area (Å²) in [7, 11) is 0. The van der Waals surface area contributed by atoms with Crippen molar-refractivity contribution in [1.29, 1.82) is 0 Å². The fraction of sp³-hybridized carbons (Fsp3) is 0.125. The van der Waals surface area contributed by atoms with Crippen LogP contribution in [0.2, 0.25) is 0 Å². The Hall–Kier alpha value is -3.33. The second-order valence-corrected chi connectivity index (χ2v) is 6.88. The molecule has 0 saturated carbocycles. The van der Waals surface area contributed by atoms with Gasteiger partial charge in [0, 0.05) is 23.6 Å². The molecule has 1 unspecified atom stereocenters. The van der Waals surface area contributed by atoms with E-state index in [4.69, 9.17) is 14.1 Å². The molecule has 3 nitrogen and oxygen atoms in total. The molecule has 0 amide bonds. The summed E-state index contributed by atoms with van der Waals surface area (Å²) in [5.41, 5.74) is 5.28. The number of hydrogen-bond donors (Lipinski definition) is 0. The number of hydrogen-bond acceptors (Lipinski definition) is 3. The predicted octanol–water partition coefficient (Wildman–Crippen LogP) is 6.24. The summed E-state index contributed by atoms with van der Waals surface area (Å²) in [6, 6.07) is 24.7. The molecule has 3 aromatic carbocycles. The maximum Gasteiger partial charge on any atom is 0.191 e. The van der Waals surface area contributed by atoms with Gasteiger partial charge in [-0.25, -0.2) is 4.98 Å². The third-order valence-electron chi connectivity index (χ3n) is 5.07. The van der Waals surface area contributed by atoms with Crippen LogP contribution in [0.5, 0.6) is 11.5 Å². The number of para-hydroxylation sites is 2. The van der Waals surface area contributed by atoms with E-state index in [0.717, 1.165) is 45.2 Å². The van der Waals surface area contributed by atoms with E-state index >= 15 is 0 Å². The minimum Gasteiger partial charge on any atom is -0.456 e. The molecular weight excluding hydrogens is 334 g/mol. The quantitative estimate of drug-likeness (QED) is 0.376. The van der Waals surface area contributed by atoms with E-state index in [1.54, 1.807) is 0 Å². The zero-order chi connectivity index (χ0) is 18.4. The van der Waals surface area contributed by atoms with Crippen molar-refractivity contribution < 1.29 is 9.15 Å². The van der Waals surface area contributed by atoms with Crippen LogP contribution in [0.15, 0.2) is 77.2 Å². The molecule has 5 rings (SSSR count). The van der Waals surface area contributed by atoms with Gasteiger partial charge in [0.05, 0.1) is 5.92 Å². The average molecular weight is 353 g/mol. The van der Waals surface area contributed by atoms with Crippen LogP contribution in [0.25, 0.3) is 11.3 Å². The number of oxazole rings is 1. The lowest BCUT2D eigenvalue weighted by Gasteiger charge is -2.28. The number of rotatable bonds is 2. The Kier molecular flexibility index (Phi) is 3.61. The Morgan fingerprint density at radius 2 is 1.52 bits per heavy atom. The summed E-state index contributed by atoms with van der Waals surface area (Å²) in [5, 5.41) is 0. The Morgan fingerprint density at radius 1 is 0.778 bits per heavy atom. The molecule has 0 bridgehead atoms. The van der Waals surface area contributed by atoms with Crippen molar-refractivity contribution in [1.82, 2.24) is 4.98 Å². The van der Waals surface area contributed by atoms with Gasteiger partial charge in [0.25, 0.3) is 0 Å². The molecule has 3 heteroatoms. The van der Waals surface area contributed by atoms with Crippen molar-refractivity contribution in [3.8, 4) is 22.8 Å². The van der Waals surface area contributed by atoms with Gasteiger partial charge < -0.3 is 9.15 Å². The molecular formula is C24H19NO2. The lowest BCUT2D eigenvalue weighted by Crippen LogP contribution is -2.12. The zero-order valence-corrected chi connectivity index (χ0v) is 15.3. The summed E-state index contributed by atoms with van der Waals surface area (Å²) < 4.78 is 12.4. The van der Waals surface area contributed by atoms with Crippen molar-refractivity contribution in [2.75, 3.05) is 0 Å². The minimum atomic E-state index is -0.0544. The third kappa shape index (κ3) is 2.55. The maximum atomic E-state index is 6.25. The first kappa shape index (κ1) is 15.9. The van der Waals surface area contributed by atoms with Gasteiger partial charge in [-0.15, -0.1) is 0 Å². The van der Waals surface area contributed by atoms with Gasteiger partial charge in [-0.1, -0.05) is 66.7 Å². The Bertz CT molecular complexity index is 1130. The molecule has 1 atom stereocenters. The van der Waals surface area contributed by atoms with Crippen molar-refractivity contribution in [3.05, 3.63) is 101 Å². The van der Waals surface area contributed by atoms with E-state index in [9.17, 15) is 0 Å². The highest BCUT2D eigenvalue weighted by Gasteiger charge is 2.34. The molecule has 0 spiro atoms. The number of aryl methyl sites for hydroxylation is 2. The predicted molar refractivity (Wildman–Crippen MR) is 105 cm³/mol. The van der Waals surface area contributed by atoms with Crippen LogP contribution in [0.4, 0.5) is 0 Å². The fourth-order valence-electron chi connectivity index (χ4n) is 3.86. The molecule has 0 N–H and O–H groups in total. The first-order valence-corrected chi connectivity index (χ1v) is 9.11. The molecule has 1 aliphatic rings. The minimum absolute atomic E-state index is 0.0544. The Labute approximate surface area is 158 Å². The van der Waals surface area contributed by atoms with Gasteiger partial charge >= 0.3 is 0 Å². The first-order valence-electron chi connectivity index (χ1n) is 9.11. The van der Waals surface area contributed by atoms with Gasteiger partial charge in [0.2, 0.25) is 0 Å². The monoisotopic (exact) mass is 353 g/mol. The molecule has 4 aromatic rings. The Morgan fingerprint density at radius 3 is 2.37 bits per heavy atom. The van der Waals surface area contributed by atoms with Crippen molar-refractivity contribution in [2.45, 2.75) is 19.8 Å². The number of fused-ring (bicyclic) bond motifs is 2. The van der Waals surface area contributed by atoms with Crippen LogP contribution in [0, 0.1) is 13.8 Å². The molecule has 1 aliphatic heterocycles. The number of nitrogens with zero attached hydrogens (tertiary/aromatic N) is 1. The summed E-state index contributed by atoms with van der Waals surface area (Å²) in [6.07, 6.45) is 0. The molecule has 27 heavy (non-hydrogen) atoms. The first-order chi connectivity index (χ1) is 13.2. The van der Waals surface area contributed by atoms with Gasteiger partial charge in [-0.05, 0) is 18.6 Å². The summed E-state index contributed by atoms with van der Waals surface area (Å²) in [4.78, 5) is 4.72. The van der Waals surface area contributed by atoms with Crippen LogP contribution >= 0.6 is 0 Å². The van der Waals surface area contributed by atoms with E-state index in [-0.39, 0.29) is 5.92 Å². The topological polar surface area (TPSA) is 35.3 Å². The number of aromatic nitrogens is 1. The van der Waals surface area contributed by atoms with Gasteiger partial charge in [0.1, 0.15) is 23.0 Å². The van der Waals surface area contributed by atoms with Crippen LogP contribution < -0.4 is 4.74 Å². The van der Waals surface area contributed by atoms with Crippen molar-refractivity contribution >= 4 is 0 Å². The largest absolute Gasteiger partial charge is 0.456 e. The van der Waals surface area contributed by atoms with Crippen LogP contribution in [0.3, 0.4) is 0 Å². The second kappa shape index (κ2) is 6.13. The van der Waals surface area contributed by atoms with Gasteiger partial charge in [-0.2, -0.15) is 0 Å². The average Bonchev–Trinajstić information content (AvgIpc) is 3.09. The molecule has 1 aromatic heterocycles. The lowest BCUT2D eigenvalue weighted by molar-refractivity contribution is 0.423. The lowest BCUT2D eigenvalue weighted by atomic mass is 9.84. The SMILES string of the molecule is Cc1nc(-c2ccccc2)c(C2c3ccccc3Oc3c(C)cccc32)o1. The Balaban J connectivity index is 1.79. The van der Waals surface area contributed by atoms with Crippen molar-refractivity contribution in [3.63, 3.8) is 0 Å². The summed E-state index contributed by atoms with van der Waals surface area (Å²) in [6.45, 7) is 3.98. The molecule has 0 saturated heterocycles. The normalized spacial score (nSPS) is 15.0. The van der Waals surface area contributed by atoms with E-state index in [2.05, 4.69) is 43.3 Å². The van der Waals surface area contributed by atoms with Crippen LogP contribution in [-0.2, 0) is 0 Å². The summed E-state index contributed by atoms with van der Waals surface area (Å²) in [5.74, 6) is 3.26. The van der Waals surface area contributed by atoms with E-state index in [1.165, 1.54) is 0 Å². The maximum absolute atomic E-state index is 6.25. The second-order valence-electron chi connectivity index (χ2n) is 6.88. The number of ether oxygens (including phenoxy) is 1. The molecule has 2 heterocycles. The van der Waals surface area contributed by atoms with Crippen molar-refractivity contribution in [2.24, 2.45) is 0 Å². The number of benzene rings is 3. The fourth-order valence-corrected chi connectivity index (χ4v) is 3.86. The highest BCUT2D eigenvalue weighted by atomic mass is 16.5. The van der Waals surface area contributed by atoms with E-state index in [0.29, 0.717) is 5.89 Å². The van der Waals surface area contributed by atoms with E-state index in [1.807, 2.05) is 43.3 Å². The standard InChI is InChI=1S/C24H19NO2/c1-15-9-8-13-19-21(18-12-6-7-14-20(18)27-23(15)19)24-22(25-16(2)26-24)17-10-4-3-5-11-17/h3-14,21H,1-2H3. The van der Waals surface area contributed by atoms with E-state index < -0.39 is 0 Å². The van der Waals surface area contributed by atoms with Gasteiger partial charge in [0.15, 0.2) is 5.89 Å². The van der Waals surface area contributed by atoms with Crippen LogP contribution in [-0.4, -0.2) is 4.98 Å². The highest BCUT2D eigenvalue weighted by molar-refractivity contribution is 5.67. The smallest absolute Gasteiger partial charge is 0.191 e.